The molecule has 2 rings (SSSR count). The average molecular weight is 310 g/mol. The molecular formula is C13H16BrN3O. The zero-order valence-electron chi connectivity index (χ0n) is 10.3. The maximum Gasteiger partial charge on any atom is 0.255 e. The van der Waals surface area contributed by atoms with E-state index < -0.39 is 0 Å². The van der Waals surface area contributed by atoms with Crippen LogP contribution in [0.4, 0.5) is 0 Å². The number of hydrogen-bond donors (Lipinski definition) is 1. The van der Waals surface area contributed by atoms with Crippen LogP contribution in [0.2, 0.25) is 0 Å². The lowest BCUT2D eigenvalue weighted by Gasteiger charge is -2.10. The summed E-state index contributed by atoms with van der Waals surface area (Å²) in [5, 5.41) is 8.06. The summed E-state index contributed by atoms with van der Waals surface area (Å²) in [5.41, 5.74) is 1.46. The monoisotopic (exact) mass is 309 g/mol. The summed E-state index contributed by atoms with van der Waals surface area (Å²) in [6.07, 6.45) is 4.49. The van der Waals surface area contributed by atoms with Crippen molar-refractivity contribution >= 4 is 27.4 Å². The fraction of sp³-hybridized carbons (Fsp3) is 0.385. The Labute approximate surface area is 115 Å². The van der Waals surface area contributed by atoms with Crippen molar-refractivity contribution in [3.8, 4) is 0 Å². The molecule has 0 aliphatic rings. The van der Waals surface area contributed by atoms with E-state index in [-0.39, 0.29) is 5.91 Å². The van der Waals surface area contributed by atoms with Gasteiger partial charge >= 0.3 is 0 Å². The Morgan fingerprint density at radius 1 is 1.56 bits per heavy atom. The smallest absolute Gasteiger partial charge is 0.255 e. The van der Waals surface area contributed by atoms with Crippen LogP contribution in [0.1, 0.15) is 23.7 Å². The Balaban J connectivity index is 2.05. The first kappa shape index (κ1) is 13.1. The van der Waals surface area contributed by atoms with E-state index in [0.717, 1.165) is 17.3 Å². The highest BCUT2D eigenvalue weighted by molar-refractivity contribution is 9.09. The second-order valence-electron chi connectivity index (χ2n) is 4.38. The highest BCUT2D eigenvalue weighted by Crippen LogP contribution is 2.10. The van der Waals surface area contributed by atoms with Gasteiger partial charge in [-0.25, -0.2) is 4.52 Å². The third-order valence-electron chi connectivity index (χ3n) is 2.88. The van der Waals surface area contributed by atoms with Crippen LogP contribution in [0.5, 0.6) is 0 Å². The number of nitrogens with one attached hydrogen (secondary N) is 1. The van der Waals surface area contributed by atoms with Crippen LogP contribution in [0.25, 0.3) is 5.52 Å². The van der Waals surface area contributed by atoms with Gasteiger partial charge in [0.25, 0.3) is 5.91 Å². The first-order valence-corrected chi connectivity index (χ1v) is 7.11. The van der Waals surface area contributed by atoms with Crippen molar-refractivity contribution in [2.45, 2.75) is 13.3 Å². The normalized spacial score (nSPS) is 12.6. The van der Waals surface area contributed by atoms with Gasteiger partial charge in [-0.2, -0.15) is 5.10 Å². The van der Waals surface area contributed by atoms with Crippen LogP contribution < -0.4 is 5.32 Å². The molecule has 18 heavy (non-hydrogen) atoms. The van der Waals surface area contributed by atoms with Gasteiger partial charge in [0.05, 0.1) is 17.3 Å². The zero-order chi connectivity index (χ0) is 13.0. The van der Waals surface area contributed by atoms with Gasteiger partial charge in [0.2, 0.25) is 0 Å². The van der Waals surface area contributed by atoms with Crippen LogP contribution in [0.15, 0.2) is 30.6 Å². The van der Waals surface area contributed by atoms with Gasteiger partial charge in [-0.1, -0.05) is 28.9 Å². The number of fused-ring (bicyclic) bond motifs is 1. The first-order chi connectivity index (χ1) is 8.72. The van der Waals surface area contributed by atoms with Crippen molar-refractivity contribution in [2.75, 3.05) is 11.9 Å². The predicted octanol–water partition coefficient (Wildman–Crippen LogP) is 2.49. The van der Waals surface area contributed by atoms with Gasteiger partial charge in [0, 0.05) is 18.1 Å². The highest BCUT2D eigenvalue weighted by Gasteiger charge is 2.12. The SMILES string of the molecule is CC(CCBr)CNC(=O)c1cnn2ccccc12. The van der Waals surface area contributed by atoms with Gasteiger partial charge in [-0.15, -0.1) is 0 Å². The van der Waals surface area contributed by atoms with Crippen molar-refractivity contribution in [1.29, 1.82) is 0 Å². The number of halogens is 1. The molecule has 0 fully saturated rings. The van der Waals surface area contributed by atoms with E-state index in [4.69, 9.17) is 0 Å². The molecule has 0 aliphatic heterocycles. The van der Waals surface area contributed by atoms with E-state index in [1.807, 2.05) is 24.4 Å². The maximum absolute atomic E-state index is 12.1. The minimum absolute atomic E-state index is 0.0578. The molecule has 0 saturated carbocycles. The second-order valence-corrected chi connectivity index (χ2v) is 5.17. The summed E-state index contributed by atoms with van der Waals surface area (Å²) < 4.78 is 1.71. The van der Waals surface area contributed by atoms with Crippen molar-refractivity contribution in [2.24, 2.45) is 5.92 Å². The van der Waals surface area contributed by atoms with Crippen LogP contribution >= 0.6 is 15.9 Å². The Morgan fingerprint density at radius 2 is 2.39 bits per heavy atom. The summed E-state index contributed by atoms with van der Waals surface area (Å²) in [5.74, 6) is 0.410. The van der Waals surface area contributed by atoms with E-state index >= 15 is 0 Å². The third kappa shape index (κ3) is 2.90. The Hall–Kier alpha value is -1.36. The molecule has 5 heteroatoms. The molecule has 1 atom stereocenters. The molecule has 1 amide bonds. The van der Waals surface area contributed by atoms with E-state index in [1.165, 1.54) is 0 Å². The summed E-state index contributed by atoms with van der Waals surface area (Å²) in [6, 6.07) is 5.69. The molecule has 0 aliphatic carbocycles. The molecule has 0 bridgehead atoms. The number of hydrogen-bond acceptors (Lipinski definition) is 2. The molecule has 2 aromatic rings. The Bertz CT molecular complexity index is 538. The second kappa shape index (κ2) is 6.00. The van der Waals surface area contributed by atoms with E-state index in [9.17, 15) is 4.79 Å². The molecule has 0 spiro atoms. The quantitative estimate of drug-likeness (QED) is 0.863. The number of alkyl halides is 1. The number of rotatable bonds is 5. The van der Waals surface area contributed by atoms with Crippen molar-refractivity contribution in [3.05, 3.63) is 36.2 Å². The van der Waals surface area contributed by atoms with Crippen molar-refractivity contribution in [3.63, 3.8) is 0 Å². The number of amides is 1. The zero-order valence-corrected chi connectivity index (χ0v) is 11.9. The fourth-order valence-corrected chi connectivity index (χ4v) is 2.54. The molecular weight excluding hydrogens is 294 g/mol. The summed E-state index contributed by atoms with van der Waals surface area (Å²) in [7, 11) is 0. The number of carbonyl (C=O) groups excluding carboxylic acids is 1. The average Bonchev–Trinajstić information content (AvgIpc) is 2.80. The van der Waals surface area contributed by atoms with Crippen LogP contribution in [-0.2, 0) is 0 Å². The highest BCUT2D eigenvalue weighted by atomic mass is 79.9. The molecule has 0 aromatic carbocycles. The lowest BCUT2D eigenvalue weighted by Crippen LogP contribution is -2.28. The van der Waals surface area contributed by atoms with Crippen LogP contribution in [0.3, 0.4) is 0 Å². The standard InChI is InChI=1S/C13H16BrN3O/c1-10(5-6-14)8-15-13(18)11-9-16-17-7-3-2-4-12(11)17/h2-4,7,9-10H,5-6,8H2,1H3,(H,15,18). The van der Waals surface area contributed by atoms with E-state index in [2.05, 4.69) is 33.3 Å². The number of pyridine rings is 1. The molecule has 2 aromatic heterocycles. The fourth-order valence-electron chi connectivity index (χ4n) is 1.76. The summed E-state index contributed by atoms with van der Waals surface area (Å²) >= 11 is 3.40. The topological polar surface area (TPSA) is 46.4 Å². The first-order valence-electron chi connectivity index (χ1n) is 5.99. The minimum atomic E-state index is -0.0578. The van der Waals surface area contributed by atoms with Gasteiger partial charge in [-0.05, 0) is 24.5 Å². The molecule has 0 saturated heterocycles. The molecule has 1 unspecified atom stereocenters. The lowest BCUT2D eigenvalue weighted by molar-refractivity contribution is 0.0949. The van der Waals surface area contributed by atoms with Gasteiger partial charge in [-0.3, -0.25) is 4.79 Å². The van der Waals surface area contributed by atoms with Crippen molar-refractivity contribution in [1.82, 2.24) is 14.9 Å². The van der Waals surface area contributed by atoms with Gasteiger partial charge in [0.1, 0.15) is 0 Å². The third-order valence-corrected chi connectivity index (χ3v) is 3.34. The molecule has 96 valence electrons. The van der Waals surface area contributed by atoms with Crippen molar-refractivity contribution < 1.29 is 4.79 Å². The molecule has 0 radical (unpaired) electrons. The summed E-state index contributed by atoms with van der Waals surface area (Å²) in [4.78, 5) is 12.1. The van der Waals surface area contributed by atoms with Gasteiger partial charge < -0.3 is 5.32 Å². The minimum Gasteiger partial charge on any atom is -0.352 e. The number of nitrogens with zero attached hydrogens (tertiary/aromatic N) is 2. The number of aromatic nitrogens is 2. The number of carbonyl (C=O) groups is 1. The van der Waals surface area contributed by atoms with Crippen LogP contribution in [0, 0.1) is 5.92 Å². The maximum atomic E-state index is 12.1. The van der Waals surface area contributed by atoms with E-state index in [1.54, 1.807) is 10.7 Å². The Kier molecular flexibility index (Phi) is 4.36. The van der Waals surface area contributed by atoms with Gasteiger partial charge in [0.15, 0.2) is 0 Å². The molecule has 4 nitrogen and oxygen atoms in total. The van der Waals surface area contributed by atoms with E-state index in [0.29, 0.717) is 18.0 Å². The lowest BCUT2D eigenvalue weighted by atomic mass is 10.1. The largest absolute Gasteiger partial charge is 0.352 e. The predicted molar refractivity (Wildman–Crippen MR) is 75.1 cm³/mol. The Morgan fingerprint density at radius 3 is 3.17 bits per heavy atom. The summed E-state index contributed by atoms with van der Waals surface area (Å²) in [6.45, 7) is 2.81. The van der Waals surface area contributed by atoms with Crippen LogP contribution in [-0.4, -0.2) is 27.4 Å². The molecule has 1 N–H and O–H groups in total. The molecule has 2 heterocycles.